The number of hydrogen-bond acceptors (Lipinski definition) is 3. The maximum atomic E-state index is 9.36. The summed E-state index contributed by atoms with van der Waals surface area (Å²) < 4.78 is 0. The summed E-state index contributed by atoms with van der Waals surface area (Å²) in [6.07, 6.45) is 9.57. The molecule has 0 spiro atoms. The van der Waals surface area contributed by atoms with Crippen LogP contribution in [-0.2, 0) is 12.8 Å². The maximum absolute atomic E-state index is 9.36. The molecule has 1 aromatic rings. The van der Waals surface area contributed by atoms with Crippen LogP contribution in [0.4, 0.5) is 5.82 Å². The number of hydrogen-bond donors (Lipinski definition) is 1. The topological polar surface area (TPSA) is 48.7 Å². The lowest BCUT2D eigenvalue weighted by Gasteiger charge is -2.28. The van der Waals surface area contributed by atoms with Gasteiger partial charge in [0.05, 0.1) is 5.56 Å². The van der Waals surface area contributed by atoms with Crippen molar-refractivity contribution in [1.82, 2.24) is 4.98 Å². The average molecular weight is 269 g/mol. The van der Waals surface area contributed by atoms with E-state index in [0.29, 0.717) is 6.04 Å². The lowest BCUT2D eigenvalue weighted by molar-refractivity contribution is 0.360. The van der Waals surface area contributed by atoms with Crippen molar-refractivity contribution in [2.75, 3.05) is 5.32 Å². The minimum atomic E-state index is 0.493. The molecule has 1 N–H and O–H groups in total. The van der Waals surface area contributed by atoms with Crippen molar-refractivity contribution in [3.05, 3.63) is 22.9 Å². The third-order valence-corrected chi connectivity index (χ3v) is 4.78. The molecular formula is C17H23N3. The Morgan fingerprint density at radius 2 is 1.95 bits per heavy atom. The van der Waals surface area contributed by atoms with Gasteiger partial charge in [0.1, 0.15) is 11.9 Å². The number of pyridine rings is 1. The van der Waals surface area contributed by atoms with E-state index in [1.165, 1.54) is 49.8 Å². The zero-order chi connectivity index (χ0) is 13.9. The Labute approximate surface area is 121 Å². The molecule has 2 aliphatic rings. The second-order valence-electron chi connectivity index (χ2n) is 6.41. The highest BCUT2D eigenvalue weighted by Gasteiger charge is 2.21. The zero-order valence-electron chi connectivity index (χ0n) is 12.3. The Hall–Kier alpha value is -1.56. The van der Waals surface area contributed by atoms with Gasteiger partial charge in [0.2, 0.25) is 0 Å². The second-order valence-corrected chi connectivity index (χ2v) is 6.41. The van der Waals surface area contributed by atoms with Crippen LogP contribution >= 0.6 is 0 Å². The van der Waals surface area contributed by atoms with Crippen molar-refractivity contribution in [3.8, 4) is 6.07 Å². The lowest BCUT2D eigenvalue weighted by atomic mass is 9.87. The van der Waals surface area contributed by atoms with E-state index in [2.05, 4.69) is 24.4 Å². The normalized spacial score (nSPS) is 25.6. The van der Waals surface area contributed by atoms with E-state index >= 15 is 0 Å². The summed E-state index contributed by atoms with van der Waals surface area (Å²) in [6.45, 7) is 2.33. The van der Waals surface area contributed by atoms with Crippen LogP contribution in [0.2, 0.25) is 0 Å². The minimum Gasteiger partial charge on any atom is -0.366 e. The summed E-state index contributed by atoms with van der Waals surface area (Å²) in [5.41, 5.74) is 3.22. The molecule has 3 nitrogen and oxygen atoms in total. The van der Waals surface area contributed by atoms with E-state index in [4.69, 9.17) is 4.98 Å². The van der Waals surface area contributed by atoms with E-state index in [-0.39, 0.29) is 0 Å². The number of anilines is 1. The molecule has 0 radical (unpaired) electrons. The number of fused-ring (bicyclic) bond motifs is 1. The van der Waals surface area contributed by atoms with Gasteiger partial charge in [-0.1, -0.05) is 6.92 Å². The van der Waals surface area contributed by atoms with Crippen LogP contribution in [-0.4, -0.2) is 11.0 Å². The van der Waals surface area contributed by atoms with Gasteiger partial charge in [-0.3, -0.25) is 0 Å². The Kier molecular flexibility index (Phi) is 3.91. The Bertz CT molecular complexity index is 522. The largest absolute Gasteiger partial charge is 0.366 e. The number of nitrogens with zero attached hydrogens (tertiary/aromatic N) is 2. The van der Waals surface area contributed by atoms with Crippen LogP contribution in [0.3, 0.4) is 0 Å². The first-order chi connectivity index (χ1) is 9.76. The third-order valence-electron chi connectivity index (χ3n) is 4.78. The Morgan fingerprint density at radius 3 is 2.70 bits per heavy atom. The van der Waals surface area contributed by atoms with Crippen molar-refractivity contribution >= 4 is 5.82 Å². The monoisotopic (exact) mass is 269 g/mol. The van der Waals surface area contributed by atoms with Gasteiger partial charge >= 0.3 is 0 Å². The molecule has 0 atom stereocenters. The number of nitrogens with one attached hydrogen (secondary N) is 1. The molecule has 106 valence electrons. The molecule has 0 bridgehead atoms. The smallest absolute Gasteiger partial charge is 0.144 e. The van der Waals surface area contributed by atoms with E-state index < -0.39 is 0 Å². The van der Waals surface area contributed by atoms with E-state index in [0.717, 1.165) is 30.1 Å². The molecule has 20 heavy (non-hydrogen) atoms. The Morgan fingerprint density at radius 1 is 1.20 bits per heavy atom. The van der Waals surface area contributed by atoms with Gasteiger partial charge < -0.3 is 5.32 Å². The standard InChI is InChI=1S/C17H23N3/c1-12-6-8-15(9-7-12)19-17-14(11-18)10-13-4-2-3-5-16(13)20-17/h10,12,15H,2-9H2,1H3,(H,19,20). The molecule has 3 heteroatoms. The molecule has 0 amide bonds. The van der Waals surface area contributed by atoms with Gasteiger partial charge in [-0.05, 0) is 68.9 Å². The van der Waals surface area contributed by atoms with Gasteiger partial charge in [0, 0.05) is 11.7 Å². The minimum absolute atomic E-state index is 0.493. The quantitative estimate of drug-likeness (QED) is 0.887. The number of nitriles is 1. The van der Waals surface area contributed by atoms with Crippen molar-refractivity contribution in [1.29, 1.82) is 5.26 Å². The highest BCUT2D eigenvalue weighted by Crippen LogP contribution is 2.28. The van der Waals surface area contributed by atoms with Crippen LogP contribution < -0.4 is 5.32 Å². The molecule has 0 unspecified atom stereocenters. The number of aryl methyl sites for hydroxylation is 2. The zero-order valence-corrected chi connectivity index (χ0v) is 12.3. The first-order valence-corrected chi connectivity index (χ1v) is 7.95. The Balaban J connectivity index is 1.80. The van der Waals surface area contributed by atoms with Crippen molar-refractivity contribution < 1.29 is 0 Å². The fourth-order valence-electron chi connectivity index (χ4n) is 3.43. The molecular weight excluding hydrogens is 246 g/mol. The van der Waals surface area contributed by atoms with Gasteiger partial charge in [0.15, 0.2) is 0 Å². The molecule has 0 aromatic carbocycles. The van der Waals surface area contributed by atoms with E-state index in [1.54, 1.807) is 0 Å². The molecule has 0 saturated heterocycles. The summed E-state index contributed by atoms with van der Waals surface area (Å²) in [4.78, 5) is 4.76. The van der Waals surface area contributed by atoms with E-state index in [1.807, 2.05) is 0 Å². The maximum Gasteiger partial charge on any atom is 0.144 e. The van der Waals surface area contributed by atoms with Gasteiger partial charge in [-0.15, -0.1) is 0 Å². The molecule has 1 aromatic heterocycles. The second kappa shape index (κ2) is 5.83. The fourth-order valence-corrected chi connectivity index (χ4v) is 3.43. The molecule has 1 fully saturated rings. The van der Waals surface area contributed by atoms with Crippen molar-refractivity contribution in [2.45, 2.75) is 64.3 Å². The van der Waals surface area contributed by atoms with Crippen molar-refractivity contribution in [3.63, 3.8) is 0 Å². The SMILES string of the molecule is CC1CCC(Nc2nc3c(cc2C#N)CCCC3)CC1. The summed E-state index contributed by atoms with van der Waals surface area (Å²) in [7, 11) is 0. The average Bonchev–Trinajstić information content (AvgIpc) is 2.49. The predicted octanol–water partition coefficient (Wildman–Crippen LogP) is 3.82. The molecule has 2 aliphatic carbocycles. The first kappa shape index (κ1) is 13.4. The molecule has 1 heterocycles. The molecule has 3 rings (SSSR count). The van der Waals surface area contributed by atoms with Crippen LogP contribution in [0.25, 0.3) is 0 Å². The number of aromatic nitrogens is 1. The highest BCUT2D eigenvalue weighted by molar-refractivity contribution is 5.55. The van der Waals surface area contributed by atoms with Gasteiger partial charge in [-0.25, -0.2) is 4.98 Å². The highest BCUT2D eigenvalue weighted by atomic mass is 15.0. The summed E-state index contributed by atoms with van der Waals surface area (Å²) in [6, 6.07) is 4.88. The first-order valence-electron chi connectivity index (χ1n) is 7.95. The van der Waals surface area contributed by atoms with Crippen molar-refractivity contribution in [2.24, 2.45) is 5.92 Å². The summed E-state index contributed by atoms with van der Waals surface area (Å²) in [5, 5.41) is 12.9. The van der Waals surface area contributed by atoms with Gasteiger partial charge in [0.25, 0.3) is 0 Å². The fraction of sp³-hybridized carbons (Fsp3) is 0.647. The molecule has 0 aliphatic heterocycles. The van der Waals surface area contributed by atoms with Crippen LogP contribution in [0.5, 0.6) is 0 Å². The number of rotatable bonds is 2. The van der Waals surface area contributed by atoms with E-state index in [9.17, 15) is 5.26 Å². The molecule has 1 saturated carbocycles. The van der Waals surface area contributed by atoms with Gasteiger partial charge in [-0.2, -0.15) is 5.26 Å². The predicted molar refractivity (Wildman–Crippen MR) is 80.6 cm³/mol. The van der Waals surface area contributed by atoms with Crippen LogP contribution in [0, 0.1) is 17.2 Å². The summed E-state index contributed by atoms with van der Waals surface area (Å²) >= 11 is 0. The summed E-state index contributed by atoms with van der Waals surface area (Å²) in [5.74, 6) is 1.67. The van der Waals surface area contributed by atoms with Crippen LogP contribution in [0.1, 0.15) is 62.3 Å². The lowest BCUT2D eigenvalue weighted by Crippen LogP contribution is -2.26. The van der Waals surface area contributed by atoms with Crippen LogP contribution in [0.15, 0.2) is 6.07 Å². The third kappa shape index (κ3) is 2.80.